The van der Waals surface area contributed by atoms with E-state index in [4.69, 9.17) is 4.74 Å². The van der Waals surface area contributed by atoms with Crippen molar-refractivity contribution >= 4 is 16.7 Å². The maximum Gasteiger partial charge on any atom is 0.330 e. The molecule has 1 amide bonds. The molecular weight excluding hydrogens is 390 g/mol. The van der Waals surface area contributed by atoms with Crippen LogP contribution in [0.3, 0.4) is 0 Å². The van der Waals surface area contributed by atoms with Crippen molar-refractivity contribution in [1.82, 2.24) is 14.9 Å². The molecule has 0 bridgehead atoms. The summed E-state index contributed by atoms with van der Waals surface area (Å²) in [6.45, 7) is -0.249. The molecule has 9 heteroatoms. The minimum absolute atomic E-state index is 0.0434. The number of carbonyl (C=O) groups is 1. The van der Waals surface area contributed by atoms with Crippen LogP contribution in [0.25, 0.3) is 10.8 Å². The lowest BCUT2D eigenvalue weighted by Gasteiger charge is -2.15. The Bertz CT molecular complexity index is 1200. The van der Waals surface area contributed by atoms with Crippen LogP contribution in [0.5, 0.6) is 0 Å². The van der Waals surface area contributed by atoms with Crippen LogP contribution in [0.2, 0.25) is 0 Å². The van der Waals surface area contributed by atoms with Crippen LogP contribution in [0, 0.1) is 12.1 Å². The molecule has 2 aromatic carbocycles. The molecule has 2 heterocycles. The molecule has 1 saturated heterocycles. The zero-order chi connectivity index (χ0) is 21.3. The summed E-state index contributed by atoms with van der Waals surface area (Å²) in [6.07, 6.45) is -1.55. The van der Waals surface area contributed by atoms with E-state index in [0.717, 1.165) is 27.1 Å². The van der Waals surface area contributed by atoms with Gasteiger partial charge in [-0.1, -0.05) is 24.3 Å². The van der Waals surface area contributed by atoms with E-state index in [1.807, 2.05) is 24.3 Å². The molecule has 30 heavy (non-hydrogen) atoms. The van der Waals surface area contributed by atoms with E-state index in [2.05, 4.69) is 22.4 Å². The monoisotopic (exact) mass is 409 g/mol. The maximum atomic E-state index is 12.6. The molecule has 3 atom stereocenters. The molecule has 0 aliphatic carbocycles. The molecule has 1 unspecified atom stereocenters. The number of benzene rings is 1. The van der Waals surface area contributed by atoms with Gasteiger partial charge >= 0.3 is 5.69 Å². The summed E-state index contributed by atoms with van der Waals surface area (Å²) < 4.78 is 6.48. The number of rotatable bonds is 5. The van der Waals surface area contributed by atoms with Gasteiger partial charge in [-0.3, -0.25) is 19.1 Å². The third kappa shape index (κ3) is 3.71. The number of ether oxygens (including phenoxy) is 1. The summed E-state index contributed by atoms with van der Waals surface area (Å²) >= 11 is 0. The molecule has 1 fully saturated rings. The highest BCUT2D eigenvalue weighted by Gasteiger charge is 2.35. The number of aliphatic hydroxyl groups is 2. The number of aromatic amines is 1. The average Bonchev–Trinajstić information content (AvgIpc) is 3.12. The fourth-order valence-corrected chi connectivity index (χ4v) is 3.50. The number of H-pyrrole nitrogens is 1. The van der Waals surface area contributed by atoms with Crippen LogP contribution >= 0.6 is 0 Å². The maximum absolute atomic E-state index is 12.6. The molecule has 9 nitrogen and oxygen atoms in total. The SMILES string of the molecule is O=C(NCc1cccc2c#cccc12)c1cn([C@H]2CC(O)[C@@H](CO)O2)c(=O)[nH]c1=O. The van der Waals surface area contributed by atoms with Gasteiger partial charge in [-0.05, 0) is 29.1 Å². The Balaban J connectivity index is 1.57. The third-order valence-corrected chi connectivity index (χ3v) is 5.08. The van der Waals surface area contributed by atoms with Crippen LogP contribution in [-0.4, -0.2) is 44.5 Å². The first-order valence-corrected chi connectivity index (χ1v) is 9.36. The Morgan fingerprint density at radius 2 is 2.17 bits per heavy atom. The highest BCUT2D eigenvalue weighted by molar-refractivity contribution is 5.94. The van der Waals surface area contributed by atoms with Crippen molar-refractivity contribution in [2.45, 2.75) is 31.4 Å². The largest absolute Gasteiger partial charge is 0.394 e. The number of fused-ring (bicyclic) bond motifs is 1. The minimum Gasteiger partial charge on any atom is -0.394 e. The van der Waals surface area contributed by atoms with Gasteiger partial charge in [0.2, 0.25) is 0 Å². The predicted octanol–water partition coefficient (Wildman–Crippen LogP) is -0.139. The number of nitrogens with one attached hydrogen (secondary N) is 2. The molecule has 0 radical (unpaired) electrons. The molecule has 0 spiro atoms. The van der Waals surface area contributed by atoms with Crippen LogP contribution in [0.1, 0.15) is 28.6 Å². The molecule has 0 saturated carbocycles. The third-order valence-electron chi connectivity index (χ3n) is 5.08. The van der Waals surface area contributed by atoms with Gasteiger partial charge in [0.15, 0.2) is 0 Å². The van der Waals surface area contributed by atoms with Gasteiger partial charge in [-0.15, -0.1) is 0 Å². The van der Waals surface area contributed by atoms with E-state index in [1.54, 1.807) is 6.07 Å². The van der Waals surface area contributed by atoms with E-state index in [0.29, 0.717) is 0 Å². The van der Waals surface area contributed by atoms with Crippen molar-refractivity contribution in [1.29, 1.82) is 0 Å². The summed E-state index contributed by atoms with van der Waals surface area (Å²) in [5, 5.41) is 23.5. The molecule has 1 aliphatic rings. The number of aromatic nitrogens is 2. The van der Waals surface area contributed by atoms with E-state index in [1.165, 1.54) is 0 Å². The summed E-state index contributed by atoms with van der Waals surface area (Å²) in [6, 6.07) is 15.0. The van der Waals surface area contributed by atoms with Gasteiger partial charge in [-0.2, -0.15) is 0 Å². The zero-order valence-corrected chi connectivity index (χ0v) is 15.8. The highest BCUT2D eigenvalue weighted by atomic mass is 16.5. The number of aliphatic hydroxyl groups excluding tert-OH is 2. The van der Waals surface area contributed by atoms with Crippen LogP contribution in [0.4, 0.5) is 0 Å². The van der Waals surface area contributed by atoms with Crippen molar-refractivity contribution in [3.63, 3.8) is 0 Å². The highest BCUT2D eigenvalue weighted by Crippen LogP contribution is 2.27. The standard InChI is InChI=1S/C21H19N3O6/c25-11-17-16(26)8-18(30-17)24-10-15(20(28)23-21(24)29)19(27)22-9-13-6-3-5-12-4-1-2-7-14(12)13/h2-3,5-7,10,16-18,25-26H,8-9,11H2,(H,22,27)(H,23,28,29)/t16?,17-,18-/m1/s1. The van der Waals surface area contributed by atoms with Crippen molar-refractivity contribution < 1.29 is 19.7 Å². The van der Waals surface area contributed by atoms with Crippen molar-refractivity contribution in [3.05, 3.63) is 80.6 Å². The number of amides is 1. The summed E-state index contributed by atoms with van der Waals surface area (Å²) in [5.74, 6) is -0.661. The Kier molecular flexibility index (Phi) is 5.37. The van der Waals surface area contributed by atoms with Gasteiger partial charge in [0, 0.05) is 24.5 Å². The second kappa shape index (κ2) is 8.12. The Hall–Kier alpha value is -3.45. The average molecular weight is 409 g/mol. The lowest BCUT2D eigenvalue weighted by atomic mass is 10.1. The summed E-state index contributed by atoms with van der Waals surface area (Å²) in [5.41, 5.74) is -1.02. The molecule has 4 N–H and O–H groups in total. The van der Waals surface area contributed by atoms with E-state index >= 15 is 0 Å². The van der Waals surface area contributed by atoms with Gasteiger partial charge in [0.05, 0.1) is 12.7 Å². The number of hydrogen-bond acceptors (Lipinski definition) is 6. The van der Waals surface area contributed by atoms with Crippen LogP contribution < -0.4 is 16.6 Å². The zero-order valence-electron chi connectivity index (χ0n) is 15.8. The lowest BCUT2D eigenvalue weighted by molar-refractivity contribution is -0.0459. The fraction of sp³-hybridized carbons (Fsp3) is 0.286. The molecule has 1 aromatic heterocycles. The molecule has 1 aliphatic heterocycles. The predicted molar refractivity (Wildman–Crippen MR) is 106 cm³/mol. The van der Waals surface area contributed by atoms with E-state index in [9.17, 15) is 24.6 Å². The lowest BCUT2D eigenvalue weighted by Crippen LogP contribution is -2.38. The fourth-order valence-electron chi connectivity index (χ4n) is 3.50. The molecular formula is C21H19N3O6. The second-order valence-corrected chi connectivity index (χ2v) is 6.99. The van der Waals surface area contributed by atoms with Crippen LogP contribution in [0.15, 0.2) is 46.1 Å². The van der Waals surface area contributed by atoms with Crippen molar-refractivity contribution in [2.75, 3.05) is 6.61 Å². The number of nitrogens with zero attached hydrogens (tertiary/aromatic N) is 1. The van der Waals surface area contributed by atoms with Gasteiger partial charge in [-0.25, -0.2) is 4.79 Å². The molecule has 3 aromatic rings. The van der Waals surface area contributed by atoms with Crippen LogP contribution in [-0.2, 0) is 11.3 Å². The Morgan fingerprint density at radius 1 is 1.33 bits per heavy atom. The van der Waals surface area contributed by atoms with Gasteiger partial charge in [0.1, 0.15) is 17.9 Å². The number of hydrogen-bond donors (Lipinski definition) is 4. The van der Waals surface area contributed by atoms with Gasteiger partial charge in [0.25, 0.3) is 11.5 Å². The van der Waals surface area contributed by atoms with Crippen molar-refractivity contribution in [2.24, 2.45) is 0 Å². The van der Waals surface area contributed by atoms with Crippen molar-refractivity contribution in [3.8, 4) is 0 Å². The Morgan fingerprint density at radius 3 is 2.93 bits per heavy atom. The molecule has 154 valence electrons. The van der Waals surface area contributed by atoms with Gasteiger partial charge < -0.3 is 20.3 Å². The molecule has 4 rings (SSSR count). The topological polar surface area (TPSA) is 134 Å². The normalized spacial score (nSPS) is 20.8. The smallest absolute Gasteiger partial charge is 0.330 e. The number of carbonyl (C=O) groups excluding carboxylic acids is 1. The first-order chi connectivity index (χ1) is 14.5. The summed E-state index contributed by atoms with van der Waals surface area (Å²) in [4.78, 5) is 39.1. The first kappa shape index (κ1) is 19.8. The van der Waals surface area contributed by atoms with E-state index < -0.39 is 42.2 Å². The quantitative estimate of drug-likeness (QED) is 0.464. The van der Waals surface area contributed by atoms with E-state index in [-0.39, 0.29) is 18.5 Å². The first-order valence-electron chi connectivity index (χ1n) is 9.36. The second-order valence-electron chi connectivity index (χ2n) is 6.99. The summed E-state index contributed by atoms with van der Waals surface area (Å²) in [7, 11) is 0. The minimum atomic E-state index is -0.962. The Labute approximate surface area is 170 Å².